The molecule has 0 saturated carbocycles. The lowest BCUT2D eigenvalue weighted by molar-refractivity contribution is 0.303. The second kappa shape index (κ2) is 5.52. The number of halogens is 4. The molecule has 0 unspecified atom stereocenters. The number of pyridine rings is 1. The Balaban J connectivity index is 2.13. The molecule has 1 aromatic heterocycles. The van der Waals surface area contributed by atoms with Gasteiger partial charge in [0.05, 0.1) is 6.20 Å². The highest BCUT2D eigenvalue weighted by Gasteiger charge is 2.26. The lowest BCUT2D eigenvalue weighted by Crippen LogP contribution is -2.34. The van der Waals surface area contributed by atoms with Gasteiger partial charge in [0.1, 0.15) is 18.2 Å². The summed E-state index contributed by atoms with van der Waals surface area (Å²) in [5.74, 6) is -0.412. The third-order valence-electron chi connectivity index (χ3n) is 2.82. The fraction of sp³-hybridized carbons (Fsp3) is 0.154. The van der Waals surface area contributed by atoms with Crippen LogP contribution in [0.5, 0.6) is 5.75 Å². The number of nitrogens with zero attached hydrogens (tertiary/aromatic N) is 1. The molecule has 20 heavy (non-hydrogen) atoms. The van der Waals surface area contributed by atoms with Gasteiger partial charge in [-0.2, -0.15) is 0 Å². The van der Waals surface area contributed by atoms with E-state index in [-0.39, 0.29) is 12.4 Å². The van der Waals surface area contributed by atoms with Crippen LogP contribution in [0, 0.1) is 12.7 Å². The quantitative estimate of drug-likeness (QED) is 0.635. The first-order chi connectivity index (χ1) is 9.36. The Morgan fingerprint density at radius 1 is 1.15 bits per heavy atom. The van der Waals surface area contributed by atoms with E-state index in [0.29, 0.717) is 5.56 Å². The predicted molar refractivity (Wildman–Crippen MR) is 68.4 cm³/mol. The van der Waals surface area contributed by atoms with E-state index in [0.717, 1.165) is 17.8 Å². The van der Waals surface area contributed by atoms with Crippen molar-refractivity contribution in [2.75, 3.05) is 0 Å². The molecular weight excluding hydrogens is 273 g/mol. The van der Waals surface area contributed by atoms with Crippen molar-refractivity contribution in [3.63, 3.8) is 0 Å². The highest BCUT2D eigenvalue weighted by molar-refractivity contribution is 6.73. The first-order valence-electron chi connectivity index (χ1n) is 5.89. The molecule has 0 atom stereocenters. The predicted octanol–water partition coefficient (Wildman–Crippen LogP) is 3.16. The summed E-state index contributed by atoms with van der Waals surface area (Å²) >= 11 is 0. The van der Waals surface area contributed by atoms with Gasteiger partial charge >= 0.3 is 6.98 Å². The maximum atomic E-state index is 13.1. The van der Waals surface area contributed by atoms with Gasteiger partial charge in [0, 0.05) is 6.20 Å². The summed E-state index contributed by atoms with van der Waals surface area (Å²) in [7, 11) is 0. The fourth-order valence-electron chi connectivity index (χ4n) is 1.65. The Hall–Kier alpha value is -2.05. The number of hydrogen-bond donors (Lipinski definition) is 0. The van der Waals surface area contributed by atoms with Crippen LogP contribution in [0.2, 0.25) is 0 Å². The molecule has 2 rings (SSSR count). The van der Waals surface area contributed by atoms with Gasteiger partial charge in [0.15, 0.2) is 0 Å². The van der Waals surface area contributed by atoms with Crippen molar-refractivity contribution in [3.05, 3.63) is 53.6 Å². The van der Waals surface area contributed by atoms with Crippen LogP contribution >= 0.6 is 0 Å². The van der Waals surface area contributed by atoms with Gasteiger partial charge in [0.25, 0.3) is 0 Å². The average molecular weight is 284 g/mol. The number of aromatic nitrogens is 1. The van der Waals surface area contributed by atoms with Crippen molar-refractivity contribution < 1.29 is 22.1 Å². The molecule has 7 heteroatoms. The van der Waals surface area contributed by atoms with E-state index in [1.54, 1.807) is 13.0 Å². The third kappa shape index (κ3) is 3.49. The maximum Gasteiger partial charge on any atom is 0.511 e. The highest BCUT2D eigenvalue weighted by atomic mass is 19.4. The summed E-state index contributed by atoms with van der Waals surface area (Å²) in [5, 5.41) is 0. The van der Waals surface area contributed by atoms with Gasteiger partial charge < -0.3 is 17.7 Å². The second-order valence-electron chi connectivity index (χ2n) is 4.39. The van der Waals surface area contributed by atoms with Gasteiger partial charge in [-0.25, -0.2) is 4.39 Å². The van der Waals surface area contributed by atoms with Gasteiger partial charge in [-0.05, 0) is 36.2 Å². The molecule has 0 aliphatic heterocycles. The summed E-state index contributed by atoms with van der Waals surface area (Å²) in [5.41, 5.74) is 0.557. The normalized spacial score (nSPS) is 11.4. The second-order valence-corrected chi connectivity index (χ2v) is 4.39. The first-order valence-corrected chi connectivity index (χ1v) is 5.89. The molecule has 1 heterocycles. The molecule has 106 valence electrons. The van der Waals surface area contributed by atoms with Crippen LogP contribution in [0.4, 0.5) is 17.3 Å². The molecule has 1 aromatic carbocycles. The van der Waals surface area contributed by atoms with Crippen LogP contribution in [-0.2, 0) is 6.61 Å². The molecule has 0 aliphatic carbocycles. The Labute approximate surface area is 113 Å². The lowest BCUT2D eigenvalue weighted by Gasteiger charge is -2.15. The lowest BCUT2D eigenvalue weighted by atomic mass is 9.81. The maximum absolute atomic E-state index is 13.1. The van der Waals surface area contributed by atoms with Crippen LogP contribution in [-0.4, -0.2) is 12.0 Å². The summed E-state index contributed by atoms with van der Waals surface area (Å²) in [6.07, 6.45) is 1.94. The molecule has 0 aliphatic rings. The van der Waals surface area contributed by atoms with Crippen molar-refractivity contribution in [1.82, 2.24) is 4.98 Å². The Morgan fingerprint density at radius 3 is 2.60 bits per heavy atom. The van der Waals surface area contributed by atoms with Crippen LogP contribution in [0.3, 0.4) is 0 Å². The van der Waals surface area contributed by atoms with E-state index < -0.39 is 18.3 Å². The van der Waals surface area contributed by atoms with Crippen molar-refractivity contribution in [2.45, 2.75) is 13.5 Å². The number of aryl methyl sites for hydroxylation is 1. The number of hydrogen-bond acceptors (Lipinski definition) is 2. The van der Waals surface area contributed by atoms with Gasteiger partial charge in [-0.15, -0.1) is 0 Å². The summed E-state index contributed by atoms with van der Waals surface area (Å²) < 4.78 is 56.0. The molecule has 0 spiro atoms. The number of rotatable bonds is 4. The molecule has 0 N–H and O–H groups in total. The van der Waals surface area contributed by atoms with E-state index in [1.807, 2.05) is 0 Å². The minimum atomic E-state index is -5.11. The van der Waals surface area contributed by atoms with Crippen LogP contribution in [0.1, 0.15) is 11.1 Å². The Bertz CT molecular complexity index is 616. The molecular formula is C13H11BF4NO-. The zero-order valence-corrected chi connectivity index (χ0v) is 10.6. The number of benzene rings is 1. The molecule has 2 nitrogen and oxygen atoms in total. The summed E-state index contributed by atoms with van der Waals surface area (Å²) in [6.45, 7) is -3.36. The molecule has 0 saturated heterocycles. The summed E-state index contributed by atoms with van der Waals surface area (Å²) in [4.78, 5) is 3.50. The fourth-order valence-corrected chi connectivity index (χ4v) is 1.65. The summed E-state index contributed by atoms with van der Waals surface area (Å²) in [6, 6.07) is 5.08. The minimum absolute atomic E-state index is 0.00496. The Morgan fingerprint density at radius 2 is 1.90 bits per heavy atom. The molecule has 0 radical (unpaired) electrons. The van der Waals surface area contributed by atoms with Crippen molar-refractivity contribution >= 4 is 12.4 Å². The van der Waals surface area contributed by atoms with E-state index in [1.165, 1.54) is 18.3 Å². The van der Waals surface area contributed by atoms with Crippen LogP contribution in [0.25, 0.3) is 0 Å². The van der Waals surface area contributed by atoms with Gasteiger partial charge in [0.2, 0.25) is 0 Å². The molecule has 0 fully saturated rings. The van der Waals surface area contributed by atoms with Gasteiger partial charge in [-0.1, -0.05) is 11.5 Å². The van der Waals surface area contributed by atoms with E-state index in [9.17, 15) is 17.3 Å². The zero-order chi connectivity index (χ0) is 14.8. The number of ether oxygens (including phenoxy) is 1. The third-order valence-corrected chi connectivity index (χ3v) is 2.82. The van der Waals surface area contributed by atoms with Crippen LogP contribution < -0.4 is 10.2 Å². The first kappa shape index (κ1) is 14.4. The molecule has 2 aromatic rings. The SMILES string of the molecule is Cc1ccc(F)cc1COc1cncc([B-](F)(F)F)c1. The monoisotopic (exact) mass is 284 g/mol. The highest BCUT2D eigenvalue weighted by Crippen LogP contribution is 2.16. The van der Waals surface area contributed by atoms with Gasteiger partial charge in [-0.3, -0.25) is 4.98 Å². The van der Waals surface area contributed by atoms with E-state index >= 15 is 0 Å². The van der Waals surface area contributed by atoms with Crippen molar-refractivity contribution in [2.24, 2.45) is 0 Å². The minimum Gasteiger partial charge on any atom is -0.487 e. The molecule has 0 bridgehead atoms. The standard InChI is InChI=1S/C13H11BF4NO/c1-9-2-3-12(15)4-10(9)8-20-13-5-11(6-19-7-13)14(16,17)18/h2-7H,8H2,1H3/q-1. The zero-order valence-electron chi connectivity index (χ0n) is 10.6. The Kier molecular flexibility index (Phi) is 3.97. The molecule has 0 amide bonds. The topological polar surface area (TPSA) is 22.1 Å². The largest absolute Gasteiger partial charge is 0.511 e. The van der Waals surface area contributed by atoms with Crippen molar-refractivity contribution in [3.8, 4) is 5.75 Å². The van der Waals surface area contributed by atoms with Crippen molar-refractivity contribution in [1.29, 1.82) is 0 Å². The van der Waals surface area contributed by atoms with E-state index in [2.05, 4.69) is 4.98 Å². The van der Waals surface area contributed by atoms with Crippen LogP contribution in [0.15, 0.2) is 36.7 Å². The average Bonchev–Trinajstić information content (AvgIpc) is 2.39. The van der Waals surface area contributed by atoms with E-state index in [4.69, 9.17) is 4.74 Å². The smallest absolute Gasteiger partial charge is 0.487 e.